The van der Waals surface area contributed by atoms with Gasteiger partial charge in [0.05, 0.1) is 11.1 Å². The van der Waals surface area contributed by atoms with Crippen LogP contribution in [-0.4, -0.2) is 37.7 Å². The topological polar surface area (TPSA) is 84.0 Å². The minimum Gasteiger partial charge on any atom is -0.368 e. The molecule has 0 unspecified atom stereocenters. The lowest BCUT2D eigenvalue weighted by atomic mass is 10.3. The Morgan fingerprint density at radius 3 is 2.84 bits per heavy atom. The third kappa shape index (κ3) is 3.53. The van der Waals surface area contributed by atoms with Crippen LogP contribution in [0, 0.1) is 6.92 Å². The summed E-state index contributed by atoms with van der Waals surface area (Å²) < 4.78 is 24.9. The lowest BCUT2D eigenvalue weighted by molar-refractivity contribution is 0.588. The monoisotopic (exact) mass is 320 g/mol. The smallest absolute Gasteiger partial charge is 0.225 e. The molecule has 0 saturated carbocycles. The minimum atomic E-state index is -3.23. The number of thiophene rings is 1. The summed E-state index contributed by atoms with van der Waals surface area (Å²) in [5, 5.41) is 3.99. The molecule has 0 spiro atoms. The van der Waals surface area contributed by atoms with Crippen LogP contribution in [0.15, 0.2) is 6.07 Å². The summed E-state index contributed by atoms with van der Waals surface area (Å²) in [7, 11) is -1.85. The number of hydrogen-bond donors (Lipinski definition) is 2. The summed E-state index contributed by atoms with van der Waals surface area (Å²) in [6, 6.07) is 1.95. The molecule has 0 aromatic carbocycles. The van der Waals surface area contributed by atoms with E-state index in [0.29, 0.717) is 5.82 Å². The Morgan fingerprint density at radius 2 is 2.16 bits per heavy atom. The van der Waals surface area contributed by atoms with Crippen molar-refractivity contribution in [2.24, 2.45) is 0 Å². The van der Waals surface area contributed by atoms with Gasteiger partial charge in [0.15, 0.2) is 0 Å². The van der Waals surface area contributed by atoms with Crippen molar-refractivity contribution in [2.75, 3.05) is 24.7 Å². The Bertz CT molecular complexity index is 699. The lowest BCUT2D eigenvalue weighted by Crippen LogP contribution is -2.26. The van der Waals surface area contributed by atoms with Crippen LogP contribution in [0.5, 0.6) is 0 Å². The molecule has 2 heterocycles. The normalized spacial score (nSPS) is 11.9. The van der Waals surface area contributed by atoms with E-state index in [1.807, 2.05) is 13.0 Å². The highest BCUT2D eigenvalue weighted by molar-refractivity contribution is 7.89. The fourth-order valence-electron chi connectivity index (χ4n) is 1.56. The number of nitrogens with zero attached hydrogens (tertiary/aromatic N) is 2. The number of sulfonamides is 1. The Labute approximate surface area is 120 Å². The summed E-state index contributed by atoms with van der Waals surface area (Å²) in [6.07, 6.45) is 0. The maximum atomic E-state index is 11.3. The van der Waals surface area contributed by atoms with Crippen LogP contribution in [0.1, 0.15) is 4.88 Å². The van der Waals surface area contributed by atoms with E-state index in [1.165, 1.54) is 18.4 Å². The summed E-state index contributed by atoms with van der Waals surface area (Å²) in [4.78, 5) is 10.1. The first kappa shape index (κ1) is 14.4. The van der Waals surface area contributed by atoms with E-state index in [2.05, 4.69) is 20.0 Å². The van der Waals surface area contributed by atoms with Gasteiger partial charge in [-0.05, 0) is 31.6 Å². The van der Waals surface area contributed by atoms with Gasteiger partial charge in [-0.15, -0.1) is 11.3 Å². The third-order valence-corrected chi connectivity index (χ3v) is 4.94. The van der Waals surface area contributed by atoms with Crippen LogP contribution in [-0.2, 0) is 10.0 Å². The standard InChI is InChI=1S/C10H13ClN4O2S2/c1-6-5-7-8(13-3-4-19(16,17)12-2)14-10(11)15-9(7)18-6/h5,12H,3-4H2,1-2H3,(H,13,14,15). The predicted molar refractivity (Wildman–Crippen MR) is 78.5 cm³/mol. The molecule has 0 amide bonds. The van der Waals surface area contributed by atoms with E-state index < -0.39 is 10.0 Å². The van der Waals surface area contributed by atoms with Gasteiger partial charge in [0, 0.05) is 11.4 Å². The molecule has 19 heavy (non-hydrogen) atoms. The van der Waals surface area contributed by atoms with E-state index in [9.17, 15) is 8.42 Å². The van der Waals surface area contributed by atoms with Gasteiger partial charge in [-0.3, -0.25) is 0 Å². The number of anilines is 1. The van der Waals surface area contributed by atoms with Crippen molar-refractivity contribution in [1.29, 1.82) is 0 Å². The Morgan fingerprint density at radius 1 is 1.42 bits per heavy atom. The molecule has 0 aliphatic rings. The molecule has 0 aliphatic carbocycles. The summed E-state index contributed by atoms with van der Waals surface area (Å²) in [6.45, 7) is 2.22. The second-order valence-corrected chi connectivity index (χ2v) is 7.49. The Kier molecular flexibility index (Phi) is 4.24. The fraction of sp³-hybridized carbons (Fsp3) is 0.400. The van der Waals surface area contributed by atoms with Crippen molar-refractivity contribution in [3.8, 4) is 0 Å². The first-order valence-electron chi connectivity index (χ1n) is 5.50. The molecule has 2 rings (SSSR count). The Hall–Kier alpha value is -0.960. The summed E-state index contributed by atoms with van der Waals surface area (Å²) >= 11 is 7.36. The number of aromatic nitrogens is 2. The van der Waals surface area contributed by atoms with Gasteiger partial charge in [0.25, 0.3) is 0 Å². The minimum absolute atomic E-state index is 0.0320. The Balaban J connectivity index is 2.20. The molecule has 0 saturated heterocycles. The molecular formula is C10H13ClN4O2S2. The van der Waals surface area contributed by atoms with Gasteiger partial charge in [-0.1, -0.05) is 0 Å². The molecule has 0 aliphatic heterocycles. The van der Waals surface area contributed by atoms with Crippen molar-refractivity contribution in [1.82, 2.24) is 14.7 Å². The van der Waals surface area contributed by atoms with Crippen LogP contribution in [0.3, 0.4) is 0 Å². The van der Waals surface area contributed by atoms with Gasteiger partial charge in [-0.25, -0.2) is 23.1 Å². The molecule has 2 aromatic heterocycles. The van der Waals surface area contributed by atoms with Crippen molar-refractivity contribution >= 4 is 49.0 Å². The highest BCUT2D eigenvalue weighted by Gasteiger charge is 2.11. The van der Waals surface area contributed by atoms with Crippen molar-refractivity contribution in [2.45, 2.75) is 6.92 Å². The maximum Gasteiger partial charge on any atom is 0.225 e. The molecule has 2 N–H and O–H groups in total. The van der Waals surface area contributed by atoms with Gasteiger partial charge in [-0.2, -0.15) is 0 Å². The second kappa shape index (κ2) is 5.58. The van der Waals surface area contributed by atoms with E-state index >= 15 is 0 Å². The van der Waals surface area contributed by atoms with Gasteiger partial charge >= 0.3 is 0 Å². The van der Waals surface area contributed by atoms with E-state index in [0.717, 1.165) is 15.1 Å². The number of hydrogen-bond acceptors (Lipinski definition) is 6. The number of nitrogens with one attached hydrogen (secondary N) is 2. The van der Waals surface area contributed by atoms with Crippen molar-refractivity contribution in [3.05, 3.63) is 16.2 Å². The van der Waals surface area contributed by atoms with Crippen LogP contribution in [0.2, 0.25) is 5.28 Å². The van der Waals surface area contributed by atoms with Gasteiger partial charge in [0.2, 0.25) is 15.3 Å². The van der Waals surface area contributed by atoms with Crippen LogP contribution in [0.25, 0.3) is 10.2 Å². The highest BCUT2D eigenvalue weighted by atomic mass is 35.5. The highest BCUT2D eigenvalue weighted by Crippen LogP contribution is 2.29. The van der Waals surface area contributed by atoms with Crippen molar-refractivity contribution in [3.63, 3.8) is 0 Å². The molecule has 0 bridgehead atoms. The first-order chi connectivity index (χ1) is 8.91. The molecule has 6 nitrogen and oxygen atoms in total. The third-order valence-electron chi connectivity index (χ3n) is 2.46. The SMILES string of the molecule is CNS(=O)(=O)CCNc1nc(Cl)nc2sc(C)cc12. The largest absolute Gasteiger partial charge is 0.368 e. The molecule has 2 aromatic rings. The van der Waals surface area contributed by atoms with Crippen molar-refractivity contribution < 1.29 is 8.42 Å². The summed E-state index contributed by atoms with van der Waals surface area (Å²) in [5.74, 6) is 0.529. The zero-order chi connectivity index (χ0) is 14.0. The zero-order valence-electron chi connectivity index (χ0n) is 10.4. The quantitative estimate of drug-likeness (QED) is 0.818. The van der Waals surface area contributed by atoms with Gasteiger partial charge < -0.3 is 5.32 Å². The molecule has 104 valence electrons. The number of fused-ring (bicyclic) bond motifs is 1. The maximum absolute atomic E-state index is 11.3. The molecular weight excluding hydrogens is 308 g/mol. The lowest BCUT2D eigenvalue weighted by Gasteiger charge is -2.07. The number of halogens is 1. The van der Waals surface area contributed by atoms with Crippen LogP contribution < -0.4 is 10.0 Å². The molecule has 9 heteroatoms. The molecule has 0 radical (unpaired) electrons. The van der Waals surface area contributed by atoms with Gasteiger partial charge in [0.1, 0.15) is 10.6 Å². The predicted octanol–water partition coefficient (Wildman–Crippen LogP) is 1.61. The van der Waals surface area contributed by atoms with E-state index in [1.54, 1.807) is 0 Å². The van der Waals surface area contributed by atoms with Crippen LogP contribution in [0.4, 0.5) is 5.82 Å². The van der Waals surface area contributed by atoms with E-state index in [-0.39, 0.29) is 17.6 Å². The van der Waals surface area contributed by atoms with E-state index in [4.69, 9.17) is 11.6 Å². The number of aryl methyl sites for hydroxylation is 1. The summed E-state index contributed by atoms with van der Waals surface area (Å²) in [5.41, 5.74) is 0. The second-order valence-electron chi connectivity index (χ2n) is 3.87. The number of rotatable bonds is 5. The van der Waals surface area contributed by atoms with Crippen LogP contribution >= 0.6 is 22.9 Å². The fourth-order valence-corrected chi connectivity index (χ4v) is 3.23. The average molecular weight is 321 g/mol. The average Bonchev–Trinajstić information content (AvgIpc) is 2.69. The zero-order valence-corrected chi connectivity index (χ0v) is 12.8. The molecule has 0 atom stereocenters. The first-order valence-corrected chi connectivity index (χ1v) is 8.35. The molecule has 0 fully saturated rings.